The summed E-state index contributed by atoms with van der Waals surface area (Å²) in [6.07, 6.45) is 4.04. The first-order valence-corrected chi connectivity index (χ1v) is 9.90. The molecule has 9 heteroatoms. The van der Waals surface area contributed by atoms with Crippen molar-refractivity contribution in [3.63, 3.8) is 0 Å². The van der Waals surface area contributed by atoms with Gasteiger partial charge in [-0.25, -0.2) is 9.78 Å². The van der Waals surface area contributed by atoms with Crippen molar-refractivity contribution in [1.82, 2.24) is 9.97 Å². The summed E-state index contributed by atoms with van der Waals surface area (Å²) in [5, 5.41) is 9.41. The van der Waals surface area contributed by atoms with E-state index in [1.165, 1.54) is 13.2 Å². The maximum Gasteiger partial charge on any atom is 0.341 e. The second-order valence-electron chi connectivity index (χ2n) is 7.45. The third kappa shape index (κ3) is 3.39. The van der Waals surface area contributed by atoms with Gasteiger partial charge in [0.2, 0.25) is 0 Å². The molecule has 0 unspecified atom stereocenters. The smallest absolute Gasteiger partial charge is 0.341 e. The minimum atomic E-state index is -1.27. The van der Waals surface area contributed by atoms with E-state index in [4.69, 9.17) is 18.9 Å². The SMILES string of the molecule is COCCCOc1cc2c(nc1OC)-c1[nH]c(=O)c(C(=O)O)cc1C1(CCCC1)O2. The number of pyridine rings is 2. The largest absolute Gasteiger partial charge is 0.488 e. The quantitative estimate of drug-likeness (QED) is 0.661. The molecule has 30 heavy (non-hydrogen) atoms. The first-order chi connectivity index (χ1) is 14.5. The summed E-state index contributed by atoms with van der Waals surface area (Å²) in [4.78, 5) is 31.2. The Balaban J connectivity index is 1.83. The number of rotatable bonds is 7. The summed E-state index contributed by atoms with van der Waals surface area (Å²) < 4.78 is 22.6. The molecule has 9 nitrogen and oxygen atoms in total. The van der Waals surface area contributed by atoms with Gasteiger partial charge in [0.1, 0.15) is 16.9 Å². The molecule has 1 fully saturated rings. The van der Waals surface area contributed by atoms with Crippen LogP contribution in [-0.4, -0.2) is 48.5 Å². The number of methoxy groups -OCH3 is 2. The third-order valence-corrected chi connectivity index (χ3v) is 5.58. The zero-order chi connectivity index (χ0) is 21.3. The Morgan fingerprint density at radius 3 is 2.70 bits per heavy atom. The highest BCUT2D eigenvalue weighted by atomic mass is 16.5. The van der Waals surface area contributed by atoms with Gasteiger partial charge in [-0.15, -0.1) is 0 Å². The fraction of sp³-hybridized carbons (Fsp3) is 0.476. The van der Waals surface area contributed by atoms with Crippen LogP contribution in [0.3, 0.4) is 0 Å². The van der Waals surface area contributed by atoms with Crippen LogP contribution in [0.15, 0.2) is 16.9 Å². The summed E-state index contributed by atoms with van der Waals surface area (Å²) in [5.74, 6) is -0.103. The van der Waals surface area contributed by atoms with Crippen LogP contribution >= 0.6 is 0 Å². The molecule has 1 spiro atoms. The van der Waals surface area contributed by atoms with E-state index in [0.29, 0.717) is 48.1 Å². The molecule has 3 heterocycles. The number of carboxylic acid groups (broad SMARTS) is 1. The van der Waals surface area contributed by atoms with Gasteiger partial charge in [-0.3, -0.25) is 4.79 Å². The van der Waals surface area contributed by atoms with Crippen molar-refractivity contribution in [2.24, 2.45) is 0 Å². The van der Waals surface area contributed by atoms with E-state index in [1.54, 1.807) is 13.2 Å². The lowest BCUT2D eigenvalue weighted by Crippen LogP contribution is -2.36. The summed E-state index contributed by atoms with van der Waals surface area (Å²) in [6.45, 7) is 0.992. The van der Waals surface area contributed by atoms with Crippen molar-refractivity contribution >= 4 is 5.97 Å². The Morgan fingerprint density at radius 1 is 1.27 bits per heavy atom. The molecule has 0 amide bonds. The number of fused-ring (bicyclic) bond motifs is 4. The van der Waals surface area contributed by atoms with Gasteiger partial charge in [0.25, 0.3) is 11.4 Å². The van der Waals surface area contributed by atoms with E-state index < -0.39 is 17.1 Å². The summed E-state index contributed by atoms with van der Waals surface area (Å²) in [7, 11) is 3.11. The number of nitrogens with one attached hydrogen (secondary N) is 1. The fourth-order valence-corrected chi connectivity index (χ4v) is 4.17. The maximum atomic E-state index is 12.4. The molecule has 4 rings (SSSR count). The fourth-order valence-electron chi connectivity index (χ4n) is 4.17. The number of aromatic nitrogens is 2. The molecule has 0 bridgehead atoms. The van der Waals surface area contributed by atoms with E-state index in [2.05, 4.69) is 9.97 Å². The molecule has 2 N–H and O–H groups in total. The lowest BCUT2D eigenvalue weighted by Gasteiger charge is -2.37. The van der Waals surface area contributed by atoms with E-state index >= 15 is 0 Å². The van der Waals surface area contributed by atoms with E-state index in [-0.39, 0.29) is 11.4 Å². The molecule has 1 saturated carbocycles. The van der Waals surface area contributed by atoms with Crippen molar-refractivity contribution in [2.75, 3.05) is 27.4 Å². The van der Waals surface area contributed by atoms with Crippen LogP contribution in [-0.2, 0) is 10.3 Å². The number of H-pyrrole nitrogens is 1. The molecule has 0 atom stereocenters. The topological polar surface area (TPSA) is 120 Å². The minimum Gasteiger partial charge on any atom is -0.488 e. The predicted octanol–water partition coefficient (Wildman–Crippen LogP) is 2.72. The zero-order valence-electron chi connectivity index (χ0n) is 16.9. The number of nitrogens with zero attached hydrogens (tertiary/aromatic N) is 1. The molecule has 1 aliphatic heterocycles. The first kappa shape index (κ1) is 20.2. The van der Waals surface area contributed by atoms with Gasteiger partial charge in [-0.1, -0.05) is 0 Å². The Bertz CT molecular complexity index is 1020. The molecule has 2 aromatic rings. The van der Waals surface area contributed by atoms with Gasteiger partial charge in [0.05, 0.1) is 19.4 Å². The Kier molecular flexibility index (Phi) is 5.38. The van der Waals surface area contributed by atoms with Crippen LogP contribution in [0.1, 0.15) is 48.0 Å². The number of aromatic carboxylic acids is 1. The maximum absolute atomic E-state index is 12.4. The Morgan fingerprint density at radius 2 is 2.03 bits per heavy atom. The van der Waals surface area contributed by atoms with Crippen LogP contribution in [0.4, 0.5) is 0 Å². The van der Waals surface area contributed by atoms with Crippen molar-refractivity contribution in [2.45, 2.75) is 37.7 Å². The van der Waals surface area contributed by atoms with Gasteiger partial charge >= 0.3 is 5.97 Å². The monoisotopic (exact) mass is 416 g/mol. The zero-order valence-corrected chi connectivity index (χ0v) is 16.9. The molecular formula is C21H24N2O7. The molecule has 160 valence electrons. The van der Waals surface area contributed by atoms with Crippen LogP contribution < -0.4 is 19.8 Å². The van der Waals surface area contributed by atoms with E-state index in [1.807, 2.05) is 0 Å². The minimum absolute atomic E-state index is 0.256. The molecule has 0 saturated heterocycles. The second kappa shape index (κ2) is 7.98. The normalized spacial score (nSPS) is 15.9. The number of hydrogen-bond acceptors (Lipinski definition) is 7. The molecule has 0 radical (unpaired) electrons. The Labute approximate surface area is 173 Å². The van der Waals surface area contributed by atoms with Crippen LogP contribution in [0.5, 0.6) is 17.4 Å². The highest BCUT2D eigenvalue weighted by Gasteiger charge is 2.45. The second-order valence-corrected chi connectivity index (χ2v) is 7.45. The van der Waals surface area contributed by atoms with E-state index in [0.717, 1.165) is 25.7 Å². The number of carboxylic acids is 1. The highest BCUT2D eigenvalue weighted by Crippen LogP contribution is 2.52. The highest BCUT2D eigenvalue weighted by molar-refractivity contribution is 5.88. The van der Waals surface area contributed by atoms with Gasteiger partial charge < -0.3 is 29.0 Å². The standard InChI is InChI=1S/C21H24N2O7/c1-27-8-5-9-29-15-11-14-17(23-19(15)28-2)16-13(21(30-14)6-3-4-7-21)10-12(20(25)26)18(24)22-16/h10-11H,3-9H2,1-2H3,(H,22,24)(H,25,26). The summed E-state index contributed by atoms with van der Waals surface area (Å²) in [6, 6.07) is 3.15. The van der Waals surface area contributed by atoms with Crippen molar-refractivity contribution < 1.29 is 28.8 Å². The average Bonchev–Trinajstić information content (AvgIpc) is 3.19. The molecule has 0 aromatic carbocycles. The summed E-state index contributed by atoms with van der Waals surface area (Å²) >= 11 is 0. The summed E-state index contributed by atoms with van der Waals surface area (Å²) in [5.41, 5.74) is -0.164. The van der Waals surface area contributed by atoms with Crippen LogP contribution in [0, 0.1) is 0 Å². The van der Waals surface area contributed by atoms with Crippen LogP contribution in [0.2, 0.25) is 0 Å². The van der Waals surface area contributed by atoms with Gasteiger partial charge in [0, 0.05) is 31.8 Å². The van der Waals surface area contributed by atoms with Crippen molar-refractivity contribution in [1.29, 1.82) is 0 Å². The number of aromatic amines is 1. The molecule has 2 aromatic heterocycles. The predicted molar refractivity (Wildman–Crippen MR) is 107 cm³/mol. The van der Waals surface area contributed by atoms with Crippen molar-refractivity contribution in [3.8, 4) is 28.8 Å². The van der Waals surface area contributed by atoms with Gasteiger partial charge in [-0.05, 0) is 31.7 Å². The van der Waals surface area contributed by atoms with E-state index in [9.17, 15) is 14.7 Å². The lowest BCUT2D eigenvalue weighted by molar-refractivity contribution is 0.0669. The lowest BCUT2D eigenvalue weighted by atomic mass is 9.86. The van der Waals surface area contributed by atoms with Crippen LogP contribution in [0.25, 0.3) is 11.4 Å². The van der Waals surface area contributed by atoms with Crippen molar-refractivity contribution in [3.05, 3.63) is 33.6 Å². The average molecular weight is 416 g/mol. The number of ether oxygens (including phenoxy) is 4. The Hall–Kier alpha value is -3.07. The third-order valence-electron chi connectivity index (χ3n) is 5.58. The molecular weight excluding hydrogens is 392 g/mol. The molecule has 2 aliphatic rings. The number of carbonyl (C=O) groups is 1. The number of hydrogen-bond donors (Lipinski definition) is 2. The molecule has 1 aliphatic carbocycles. The first-order valence-electron chi connectivity index (χ1n) is 9.90. The van der Waals surface area contributed by atoms with Gasteiger partial charge in [-0.2, -0.15) is 0 Å². The van der Waals surface area contributed by atoms with Gasteiger partial charge in [0.15, 0.2) is 11.5 Å².